The average Bonchev–Trinajstić information content (AvgIpc) is 1.85. The Balaban J connectivity index is 0. The van der Waals surface area contributed by atoms with Crippen molar-refractivity contribution in [3.8, 4) is 0 Å². The fourth-order valence-corrected chi connectivity index (χ4v) is 0.647. The number of hydrogen-bond acceptors (Lipinski definition) is 3. The van der Waals surface area contributed by atoms with Crippen molar-refractivity contribution >= 4 is 18.3 Å². The molecule has 0 saturated carbocycles. The highest BCUT2D eigenvalue weighted by molar-refractivity contribution is 5.85. The average molecular weight is 192 g/mol. The second-order valence-electron chi connectivity index (χ2n) is 2.83. The normalized spacial score (nSPS) is 8.67. The minimum atomic E-state index is 0. The van der Waals surface area contributed by atoms with Crippen LogP contribution in [-0.4, -0.2) is 38.0 Å². The summed E-state index contributed by atoms with van der Waals surface area (Å²) in [5.74, 6) is 2.72. The van der Waals surface area contributed by atoms with E-state index in [1.165, 1.54) is 0 Å². The molecule has 0 aromatic rings. The van der Waals surface area contributed by atoms with E-state index in [0.29, 0.717) is 5.70 Å². The highest BCUT2D eigenvalue weighted by Crippen LogP contribution is 1.82. The third-order valence-corrected chi connectivity index (χ3v) is 1.13. The number of nitrogens with two attached hydrogens (primary N) is 1. The van der Waals surface area contributed by atoms with Gasteiger partial charge in [0, 0.05) is 12.4 Å². The number of rotatable bonds is 4. The molecule has 0 amide bonds. The van der Waals surface area contributed by atoms with Crippen molar-refractivity contribution in [2.75, 3.05) is 27.2 Å². The van der Waals surface area contributed by atoms with Crippen LogP contribution in [0.5, 0.6) is 0 Å². The smallest absolute Gasteiger partial charge is 0.0673 e. The van der Waals surface area contributed by atoms with E-state index < -0.39 is 0 Å². The summed E-state index contributed by atoms with van der Waals surface area (Å²) in [5.41, 5.74) is 5.98. The van der Waals surface area contributed by atoms with E-state index in [1.54, 1.807) is 6.92 Å². The second-order valence-corrected chi connectivity index (χ2v) is 2.83. The zero-order valence-corrected chi connectivity index (χ0v) is 8.82. The molecular formula is C8H18ClN3. The van der Waals surface area contributed by atoms with Gasteiger partial charge in [0.1, 0.15) is 0 Å². The van der Waals surface area contributed by atoms with Crippen LogP contribution in [-0.2, 0) is 0 Å². The third kappa shape index (κ3) is 12.2. The fraction of sp³-hybridized carbons (Fsp3) is 0.750. The monoisotopic (exact) mass is 191 g/mol. The van der Waals surface area contributed by atoms with Gasteiger partial charge in [-0.05, 0) is 34.0 Å². The Hall–Kier alpha value is -0.500. The van der Waals surface area contributed by atoms with Crippen LogP contribution in [0, 0.1) is 0 Å². The van der Waals surface area contributed by atoms with Gasteiger partial charge in [0.25, 0.3) is 0 Å². The number of hydrogen-bond donors (Lipinski definition) is 1. The highest BCUT2D eigenvalue weighted by Gasteiger charge is 1.86. The Morgan fingerprint density at radius 2 is 2.08 bits per heavy atom. The van der Waals surface area contributed by atoms with E-state index in [1.807, 2.05) is 14.1 Å². The second kappa shape index (κ2) is 8.60. The van der Waals surface area contributed by atoms with Gasteiger partial charge >= 0.3 is 0 Å². The third-order valence-electron chi connectivity index (χ3n) is 1.13. The lowest BCUT2D eigenvalue weighted by Crippen LogP contribution is -2.13. The molecule has 2 N–H and O–H groups in total. The van der Waals surface area contributed by atoms with Crippen LogP contribution in [0.4, 0.5) is 0 Å². The molecule has 0 fully saturated rings. The lowest BCUT2D eigenvalue weighted by Gasteiger charge is -2.05. The molecule has 0 heterocycles. The topological polar surface area (TPSA) is 41.6 Å². The van der Waals surface area contributed by atoms with E-state index in [4.69, 9.17) is 5.73 Å². The lowest BCUT2D eigenvalue weighted by molar-refractivity contribution is 0.403. The first-order valence-corrected chi connectivity index (χ1v) is 3.79. The first kappa shape index (κ1) is 14.0. The molecule has 4 heteroatoms. The molecule has 0 unspecified atom stereocenters. The van der Waals surface area contributed by atoms with Crippen molar-refractivity contribution in [2.24, 2.45) is 10.7 Å². The maximum atomic E-state index is 5.34. The molecule has 3 nitrogen and oxygen atoms in total. The molecule has 0 aliphatic carbocycles. The van der Waals surface area contributed by atoms with E-state index in [2.05, 4.69) is 15.8 Å². The van der Waals surface area contributed by atoms with E-state index in [9.17, 15) is 0 Å². The minimum absolute atomic E-state index is 0. The first-order chi connectivity index (χ1) is 5.13. The molecule has 0 aliphatic heterocycles. The van der Waals surface area contributed by atoms with Gasteiger partial charge in [0.15, 0.2) is 0 Å². The van der Waals surface area contributed by atoms with Crippen molar-refractivity contribution in [3.63, 3.8) is 0 Å². The summed E-state index contributed by atoms with van der Waals surface area (Å²) < 4.78 is 0. The van der Waals surface area contributed by atoms with Gasteiger partial charge in [-0.3, -0.25) is 0 Å². The van der Waals surface area contributed by atoms with E-state index in [-0.39, 0.29) is 12.4 Å². The molecular weight excluding hydrogens is 174 g/mol. The van der Waals surface area contributed by atoms with Crippen LogP contribution in [0.15, 0.2) is 10.7 Å². The maximum absolute atomic E-state index is 5.34. The van der Waals surface area contributed by atoms with Crippen molar-refractivity contribution in [1.82, 2.24) is 4.90 Å². The summed E-state index contributed by atoms with van der Waals surface area (Å²) in [4.78, 5) is 6.14. The van der Waals surface area contributed by atoms with Gasteiger partial charge < -0.3 is 10.6 Å². The summed E-state index contributed by atoms with van der Waals surface area (Å²) >= 11 is 0. The Bertz CT molecular complexity index is 156. The molecule has 0 aromatic heterocycles. The molecule has 0 radical (unpaired) electrons. The highest BCUT2D eigenvalue weighted by atomic mass is 35.5. The summed E-state index contributed by atoms with van der Waals surface area (Å²) in [6.07, 6.45) is 1.06. The molecule has 0 aliphatic rings. The van der Waals surface area contributed by atoms with Gasteiger partial charge in [0.2, 0.25) is 0 Å². The molecule has 0 saturated heterocycles. The standard InChI is InChI=1S/C8H17N3.ClH/c1-8(9)7-10-5-4-6-11(2)3;/h4-6,9H2,1-3H3;1H. The molecule has 0 aromatic carbocycles. The predicted octanol–water partition coefficient (Wildman–Crippen LogP) is 0.892. The molecule has 12 heavy (non-hydrogen) atoms. The predicted molar refractivity (Wildman–Crippen MR) is 56.1 cm³/mol. The van der Waals surface area contributed by atoms with Crippen LogP contribution in [0.25, 0.3) is 0 Å². The number of halogens is 1. The number of allylic oxidation sites excluding steroid dienone is 1. The Morgan fingerprint density at radius 3 is 2.50 bits per heavy atom. The Morgan fingerprint density at radius 1 is 1.50 bits per heavy atom. The van der Waals surface area contributed by atoms with Gasteiger partial charge in [-0.25, -0.2) is 4.99 Å². The fourth-order valence-electron chi connectivity index (χ4n) is 0.647. The molecule has 72 valence electrons. The van der Waals surface area contributed by atoms with Crippen molar-refractivity contribution in [3.05, 3.63) is 5.70 Å². The summed E-state index contributed by atoms with van der Waals surface area (Å²) in [6.45, 7) is 3.66. The largest absolute Gasteiger partial charge is 0.395 e. The summed E-state index contributed by atoms with van der Waals surface area (Å²) in [5, 5.41) is 0. The summed E-state index contributed by atoms with van der Waals surface area (Å²) in [7, 11) is 4.10. The molecule has 0 rings (SSSR count). The van der Waals surface area contributed by atoms with Crippen molar-refractivity contribution < 1.29 is 0 Å². The van der Waals surface area contributed by atoms with Crippen LogP contribution >= 0.6 is 12.4 Å². The van der Waals surface area contributed by atoms with E-state index >= 15 is 0 Å². The summed E-state index contributed by atoms with van der Waals surface area (Å²) in [6, 6.07) is 0. The van der Waals surface area contributed by atoms with Crippen molar-refractivity contribution in [1.29, 1.82) is 0 Å². The Labute approximate surface area is 80.8 Å². The van der Waals surface area contributed by atoms with Crippen LogP contribution in [0.2, 0.25) is 0 Å². The zero-order chi connectivity index (χ0) is 8.69. The Kier molecular flexibility index (Phi) is 10.1. The van der Waals surface area contributed by atoms with Gasteiger partial charge in [0.05, 0.1) is 5.70 Å². The molecule has 0 atom stereocenters. The number of nitrogens with zero attached hydrogens (tertiary/aromatic N) is 2. The first-order valence-electron chi connectivity index (χ1n) is 3.79. The molecule has 0 spiro atoms. The SMILES string of the molecule is CC(N)=C=NCCCN(C)C.Cl. The van der Waals surface area contributed by atoms with Gasteiger partial charge in [-0.2, -0.15) is 0 Å². The maximum Gasteiger partial charge on any atom is 0.0673 e. The van der Waals surface area contributed by atoms with Crippen LogP contribution < -0.4 is 5.73 Å². The van der Waals surface area contributed by atoms with Gasteiger partial charge in [-0.15, -0.1) is 12.4 Å². The minimum Gasteiger partial charge on any atom is -0.395 e. The van der Waals surface area contributed by atoms with Crippen LogP contribution in [0.1, 0.15) is 13.3 Å². The zero-order valence-electron chi connectivity index (χ0n) is 8.00. The molecule has 0 bridgehead atoms. The number of aliphatic imine (C=N–C) groups is 1. The van der Waals surface area contributed by atoms with E-state index in [0.717, 1.165) is 19.5 Å². The quantitative estimate of drug-likeness (QED) is 0.530. The lowest BCUT2D eigenvalue weighted by atomic mass is 10.4. The van der Waals surface area contributed by atoms with Crippen LogP contribution in [0.3, 0.4) is 0 Å². The van der Waals surface area contributed by atoms with Gasteiger partial charge in [-0.1, -0.05) is 0 Å². The van der Waals surface area contributed by atoms with Crippen molar-refractivity contribution in [2.45, 2.75) is 13.3 Å².